The Kier molecular flexibility index (Phi) is 19.8. The highest BCUT2D eigenvalue weighted by Crippen LogP contribution is 2.47. The van der Waals surface area contributed by atoms with Gasteiger partial charge in [-0.2, -0.15) is 5.09 Å². The van der Waals surface area contributed by atoms with Crippen LogP contribution < -0.4 is 14.5 Å². The average molecular weight is 1070 g/mol. The molecule has 2 aliphatic heterocycles. The van der Waals surface area contributed by atoms with Crippen LogP contribution in [0.5, 0.6) is 5.75 Å². The molecule has 0 spiro atoms. The minimum Gasteiger partial charge on any atom is -0.477 e. The fourth-order valence-corrected chi connectivity index (χ4v) is 11.8. The Bertz CT molecular complexity index is 2500. The van der Waals surface area contributed by atoms with Gasteiger partial charge >= 0.3 is 19.7 Å². The van der Waals surface area contributed by atoms with Crippen molar-refractivity contribution in [2.24, 2.45) is 11.3 Å². The van der Waals surface area contributed by atoms with Gasteiger partial charge in [-0.3, -0.25) is 23.8 Å². The number of carboxylic acid groups (broad SMARTS) is 1. The van der Waals surface area contributed by atoms with Crippen LogP contribution in [-0.4, -0.2) is 111 Å². The van der Waals surface area contributed by atoms with Gasteiger partial charge in [-0.05, 0) is 143 Å². The molecule has 3 fully saturated rings. The number of thiophene rings is 1. The molecule has 7 rings (SSSR count). The fraction of sp³-hybridized carbons (Fsp3) is 0.600. The number of hydrogen-bond donors (Lipinski definition) is 4. The van der Waals surface area contributed by atoms with Crippen LogP contribution in [0.15, 0.2) is 72.5 Å². The van der Waals surface area contributed by atoms with E-state index in [1.165, 1.54) is 43.7 Å². The van der Waals surface area contributed by atoms with Crippen LogP contribution in [0, 0.1) is 23.2 Å². The first-order valence-corrected chi connectivity index (χ1v) is 28.0. The third-order valence-electron chi connectivity index (χ3n) is 13.6. The van der Waals surface area contributed by atoms with Gasteiger partial charge in [0.05, 0.1) is 48.0 Å². The van der Waals surface area contributed by atoms with E-state index in [0.29, 0.717) is 54.8 Å². The number of aromatic carboxylic acids is 1. The van der Waals surface area contributed by atoms with Crippen LogP contribution in [0.25, 0.3) is 0 Å². The molecule has 0 bridgehead atoms. The Hall–Kier alpha value is -4.70. The summed E-state index contributed by atoms with van der Waals surface area (Å²) in [7, 11) is -4.26. The summed E-state index contributed by atoms with van der Waals surface area (Å²) in [5.74, 6) is 4.17. The van der Waals surface area contributed by atoms with Crippen molar-refractivity contribution < 1.29 is 66.7 Å². The van der Waals surface area contributed by atoms with Crippen LogP contribution >= 0.6 is 19.1 Å². The zero-order valence-electron chi connectivity index (χ0n) is 44.0. The van der Waals surface area contributed by atoms with E-state index in [2.05, 4.69) is 36.5 Å². The molecule has 7 atom stereocenters. The summed E-state index contributed by atoms with van der Waals surface area (Å²) in [6.45, 7) is 17.5. The van der Waals surface area contributed by atoms with Crippen LogP contribution in [0.2, 0.25) is 0 Å². The van der Waals surface area contributed by atoms with Crippen molar-refractivity contribution >= 4 is 48.5 Å². The molecule has 406 valence electrons. The summed E-state index contributed by atoms with van der Waals surface area (Å²) in [4.78, 5) is 54.7. The first kappa shape index (κ1) is 58.6. The molecule has 16 nitrogen and oxygen atoms in total. The maximum atomic E-state index is 15.5. The number of hydrogen-bond acceptors (Lipinski definition) is 13. The lowest BCUT2D eigenvalue weighted by Gasteiger charge is -2.42. The number of anilines is 1. The molecule has 2 amide bonds. The largest absolute Gasteiger partial charge is 0.477 e. The Morgan fingerprint density at radius 1 is 1.09 bits per heavy atom. The number of para-hydroxylation sites is 1. The van der Waals surface area contributed by atoms with E-state index >= 15 is 4.39 Å². The van der Waals surface area contributed by atoms with Gasteiger partial charge in [0.2, 0.25) is 11.8 Å². The summed E-state index contributed by atoms with van der Waals surface area (Å²) >= 11 is 1.14. The number of nitrogens with zero attached hydrogens (tertiary/aromatic N) is 2. The van der Waals surface area contributed by atoms with E-state index in [1.54, 1.807) is 49.1 Å². The van der Waals surface area contributed by atoms with Gasteiger partial charge in [-0.25, -0.2) is 13.8 Å². The number of aliphatic hydroxyl groups excluding tert-OH is 1. The monoisotopic (exact) mass is 1070 g/mol. The molecular formula is C55H75FN3O13PS. The summed E-state index contributed by atoms with van der Waals surface area (Å²) < 4.78 is 57.0. The Morgan fingerprint density at radius 3 is 2.36 bits per heavy atom. The first-order valence-electron chi connectivity index (χ1n) is 25.7. The van der Waals surface area contributed by atoms with Gasteiger partial charge in [-0.1, -0.05) is 61.1 Å². The number of benzene rings is 1. The molecule has 19 heteroatoms. The second-order valence-corrected chi connectivity index (χ2v) is 24.4. The zero-order valence-corrected chi connectivity index (χ0v) is 45.7. The molecule has 74 heavy (non-hydrogen) atoms. The normalized spacial score (nSPS) is 27.5. The maximum absolute atomic E-state index is 15.5. The number of esters is 1. The number of carbonyl (C=O) groups is 4. The summed E-state index contributed by atoms with van der Waals surface area (Å²) in [6.07, 6.45) is 9.50. The minimum atomic E-state index is -4.26. The zero-order chi connectivity index (χ0) is 54.2. The summed E-state index contributed by atoms with van der Waals surface area (Å²) in [6, 6.07) is 8.63. The van der Waals surface area contributed by atoms with E-state index in [4.69, 9.17) is 23.3 Å². The van der Waals surface area contributed by atoms with Crippen molar-refractivity contribution in [1.29, 1.82) is 0 Å². The number of carboxylic acids is 1. The standard InChI is InChI=1S/C31H43NO5S.C24H32FN2O8P/c1-21-9-11-22(12-10-21)28(33)32(26-19-25(15-16-30(2,3)4)38-27(26)29(34)35)23-13-17-31(36,18-14-23)20-37-24-7-5-6-8-24;1-15(2)33-22(30)17(4)26-36(31,35-18-9-7-6-8-10-18)32-14-19-21(29)24(5,25)23(34-19)27-12-11-16(3)13-20(27)28/h9,19,22-24,36H,5-8,10-14,17-18,20H2,1-4H3,(H,34,35);6-12,15,17,19,21,23,29H,3,13-14H2,1-2,4-5H3,(H,26,31)/t22-,23?,31?;17-,19+,21+,23+,24+,36-/m00/s1. The molecule has 3 aliphatic carbocycles. The lowest BCUT2D eigenvalue weighted by atomic mass is 9.81. The highest BCUT2D eigenvalue weighted by atomic mass is 32.1. The number of ether oxygens (including phenoxy) is 3. The van der Waals surface area contributed by atoms with Crippen molar-refractivity contribution in [3.63, 3.8) is 0 Å². The van der Waals surface area contributed by atoms with Crippen LogP contribution in [-0.2, 0) is 37.7 Å². The predicted molar refractivity (Wildman–Crippen MR) is 280 cm³/mol. The van der Waals surface area contributed by atoms with Gasteiger partial charge in [0, 0.05) is 23.6 Å². The van der Waals surface area contributed by atoms with Crippen molar-refractivity contribution in [1.82, 2.24) is 9.99 Å². The summed E-state index contributed by atoms with van der Waals surface area (Å²) in [5.41, 5.74) is -1.17. The number of halogens is 1. The van der Waals surface area contributed by atoms with E-state index in [-0.39, 0.29) is 46.4 Å². The predicted octanol–water partition coefficient (Wildman–Crippen LogP) is 9.79. The van der Waals surface area contributed by atoms with Gasteiger partial charge < -0.3 is 39.0 Å². The molecule has 4 N–H and O–H groups in total. The molecule has 0 radical (unpaired) electrons. The second-order valence-electron chi connectivity index (χ2n) is 21.6. The molecule has 1 aromatic carbocycles. The number of amides is 2. The molecular weight excluding hydrogens is 993 g/mol. The third-order valence-corrected chi connectivity index (χ3v) is 16.3. The SMILES string of the molecule is C=C1C=CN([C@@H]2O[C@H](CO[P@@](=O)(N[C@@H](C)C(=O)OC(C)C)Oc3ccccc3)[C@@H](O)[C@@]2(C)F)C(=O)C1.CC1=CC[C@H](C(=O)N(c2cc(C#CC(C)(C)C)sc2C(=O)O)C2CCC(O)(COC3CCCC3)CC2)CC1. The van der Waals surface area contributed by atoms with Gasteiger partial charge in [0.25, 0.3) is 0 Å². The van der Waals surface area contributed by atoms with E-state index in [9.17, 15) is 39.1 Å². The molecule has 0 unspecified atom stereocenters. The van der Waals surface area contributed by atoms with E-state index in [1.807, 2.05) is 20.8 Å². The van der Waals surface area contributed by atoms with E-state index in [0.717, 1.165) is 48.8 Å². The van der Waals surface area contributed by atoms with Crippen molar-refractivity contribution in [3.05, 3.63) is 82.2 Å². The highest BCUT2D eigenvalue weighted by Gasteiger charge is 2.57. The molecule has 2 saturated carbocycles. The lowest BCUT2D eigenvalue weighted by molar-refractivity contribution is -0.149. The molecule has 1 aromatic heterocycles. The maximum Gasteiger partial charge on any atom is 0.459 e. The van der Waals surface area contributed by atoms with Gasteiger partial charge in [0.1, 0.15) is 28.9 Å². The topological polar surface area (TPSA) is 211 Å². The van der Waals surface area contributed by atoms with Crippen LogP contribution in [0.3, 0.4) is 0 Å². The highest BCUT2D eigenvalue weighted by molar-refractivity contribution is 7.52. The number of nitrogens with one attached hydrogen (secondary N) is 1. The Labute approximate surface area is 439 Å². The Balaban J connectivity index is 0.000000241. The van der Waals surface area contributed by atoms with Crippen molar-refractivity contribution in [3.8, 4) is 17.6 Å². The quantitative estimate of drug-likeness (QED) is 0.0503. The smallest absolute Gasteiger partial charge is 0.459 e. The number of rotatable bonds is 17. The third kappa shape index (κ3) is 15.7. The molecule has 3 heterocycles. The Morgan fingerprint density at radius 2 is 1.77 bits per heavy atom. The van der Waals surface area contributed by atoms with Crippen molar-refractivity contribution in [2.75, 3.05) is 18.1 Å². The van der Waals surface area contributed by atoms with E-state index < -0.39 is 74.1 Å². The lowest BCUT2D eigenvalue weighted by Crippen LogP contribution is -2.51. The number of carbonyl (C=O) groups excluding carboxylic acids is 3. The first-order chi connectivity index (χ1) is 34.8. The van der Waals surface area contributed by atoms with Gasteiger partial charge in [-0.15, -0.1) is 11.3 Å². The van der Waals surface area contributed by atoms with Crippen LogP contribution in [0.4, 0.5) is 10.1 Å². The number of allylic oxidation sites excluding steroid dienone is 3. The van der Waals surface area contributed by atoms with Gasteiger partial charge in [0.15, 0.2) is 11.9 Å². The molecule has 1 saturated heterocycles. The molecule has 5 aliphatic rings. The second kappa shape index (κ2) is 25.0. The van der Waals surface area contributed by atoms with Crippen molar-refractivity contribution in [2.45, 2.75) is 186 Å². The summed E-state index contributed by atoms with van der Waals surface area (Å²) in [5, 5.41) is 34.5. The fourth-order valence-electron chi connectivity index (χ4n) is 9.46. The average Bonchev–Trinajstić information content (AvgIpc) is 4.07. The number of alkyl halides is 1. The van der Waals surface area contributed by atoms with Crippen LogP contribution in [0.1, 0.15) is 147 Å². The molecule has 2 aromatic rings. The minimum absolute atomic E-state index is 0.0120. The number of aliphatic hydroxyl groups is 2.